The van der Waals surface area contributed by atoms with E-state index in [1.807, 2.05) is 13.8 Å². The van der Waals surface area contributed by atoms with Gasteiger partial charge in [0.15, 0.2) is 0 Å². The van der Waals surface area contributed by atoms with Gasteiger partial charge in [-0.3, -0.25) is 0 Å². The molecule has 102 valence electrons. The molecule has 0 aliphatic rings. The predicted octanol–water partition coefficient (Wildman–Crippen LogP) is 2.04. The smallest absolute Gasteiger partial charge is 0.335 e. The van der Waals surface area contributed by atoms with Crippen molar-refractivity contribution >= 4 is 17.0 Å². The van der Waals surface area contributed by atoms with Gasteiger partial charge < -0.3 is 9.52 Å². The van der Waals surface area contributed by atoms with Crippen LogP contribution >= 0.6 is 0 Å². The third kappa shape index (κ3) is 1.93. The van der Waals surface area contributed by atoms with Crippen molar-refractivity contribution in [3.05, 3.63) is 41.6 Å². The Morgan fingerprint density at radius 3 is 2.90 bits per heavy atom. The third-order valence-corrected chi connectivity index (χ3v) is 3.08. The van der Waals surface area contributed by atoms with Gasteiger partial charge in [0, 0.05) is 0 Å². The van der Waals surface area contributed by atoms with Gasteiger partial charge in [0.25, 0.3) is 0 Å². The maximum absolute atomic E-state index is 11.0. The van der Waals surface area contributed by atoms with Crippen molar-refractivity contribution in [3.63, 3.8) is 0 Å². The number of hydrogen-bond acceptors (Lipinski definition) is 5. The van der Waals surface area contributed by atoms with E-state index in [1.165, 1.54) is 6.07 Å². The summed E-state index contributed by atoms with van der Waals surface area (Å²) in [7, 11) is 0. The van der Waals surface area contributed by atoms with Gasteiger partial charge >= 0.3 is 5.97 Å². The Bertz CT molecular complexity index is 790. The van der Waals surface area contributed by atoms with Crippen molar-refractivity contribution in [2.75, 3.05) is 0 Å². The topological polar surface area (TPSA) is 94.0 Å². The molecule has 7 heteroatoms. The molecule has 20 heavy (non-hydrogen) atoms. The van der Waals surface area contributed by atoms with E-state index in [2.05, 4.69) is 15.3 Å². The fourth-order valence-corrected chi connectivity index (χ4v) is 2.03. The summed E-state index contributed by atoms with van der Waals surface area (Å²) < 4.78 is 7.08. The molecule has 0 radical (unpaired) electrons. The Balaban J connectivity index is 2.11. The Kier molecular flexibility index (Phi) is 2.74. The lowest BCUT2D eigenvalue weighted by atomic mass is 10.2. The molecule has 1 N–H and O–H groups in total. The van der Waals surface area contributed by atoms with E-state index in [0.29, 0.717) is 22.7 Å². The molecule has 1 unspecified atom stereocenters. The lowest BCUT2D eigenvalue weighted by molar-refractivity contribution is 0.0697. The van der Waals surface area contributed by atoms with Crippen LogP contribution < -0.4 is 0 Å². The van der Waals surface area contributed by atoms with Crippen LogP contribution in [0.2, 0.25) is 0 Å². The van der Waals surface area contributed by atoms with E-state index in [-0.39, 0.29) is 11.6 Å². The zero-order valence-electron chi connectivity index (χ0n) is 10.9. The molecule has 0 spiro atoms. The number of carbonyl (C=O) groups is 1. The molecule has 1 atom stereocenters. The Morgan fingerprint density at radius 2 is 2.25 bits per heavy atom. The highest BCUT2D eigenvalue weighted by atomic mass is 16.4. The number of aromatic nitrogens is 4. The summed E-state index contributed by atoms with van der Waals surface area (Å²) >= 11 is 0. The quantitative estimate of drug-likeness (QED) is 0.784. The van der Waals surface area contributed by atoms with Gasteiger partial charge in [-0.25, -0.2) is 14.5 Å². The SMILES string of the molecule is Cc1cnc(C(C)n2nnc3ccc(C(=O)O)cc32)o1. The van der Waals surface area contributed by atoms with Crippen molar-refractivity contribution in [2.45, 2.75) is 19.9 Å². The number of carboxylic acids is 1. The standard InChI is InChI=1S/C13H12N4O3/c1-7-6-14-12(20-7)8(2)17-11-5-9(13(18)19)3-4-10(11)15-16-17/h3-6,8H,1-2H3,(H,18,19). The average molecular weight is 272 g/mol. The van der Waals surface area contributed by atoms with Gasteiger partial charge in [-0.1, -0.05) is 5.21 Å². The van der Waals surface area contributed by atoms with Crippen LogP contribution in [0.5, 0.6) is 0 Å². The number of hydrogen-bond donors (Lipinski definition) is 1. The second-order valence-electron chi connectivity index (χ2n) is 4.53. The summed E-state index contributed by atoms with van der Waals surface area (Å²) in [6.07, 6.45) is 1.63. The number of aromatic carboxylic acids is 1. The number of rotatable bonds is 3. The minimum Gasteiger partial charge on any atom is -0.478 e. The fraction of sp³-hybridized carbons (Fsp3) is 0.231. The lowest BCUT2D eigenvalue weighted by Gasteiger charge is -2.08. The van der Waals surface area contributed by atoms with E-state index in [0.717, 1.165) is 0 Å². The van der Waals surface area contributed by atoms with Crippen LogP contribution in [0.4, 0.5) is 0 Å². The van der Waals surface area contributed by atoms with Crippen molar-refractivity contribution in [1.29, 1.82) is 0 Å². The summed E-state index contributed by atoms with van der Waals surface area (Å²) in [6, 6.07) is 4.42. The van der Waals surface area contributed by atoms with Gasteiger partial charge in [-0.05, 0) is 32.0 Å². The number of carboxylic acid groups (broad SMARTS) is 1. The van der Waals surface area contributed by atoms with Crippen LogP contribution in [0.1, 0.15) is 35.0 Å². The molecule has 0 aliphatic carbocycles. The minimum atomic E-state index is -0.987. The Labute approximate surface area is 113 Å². The normalized spacial score (nSPS) is 12.7. The molecule has 2 aromatic heterocycles. The number of benzene rings is 1. The van der Waals surface area contributed by atoms with Crippen molar-refractivity contribution in [3.8, 4) is 0 Å². The first-order valence-electron chi connectivity index (χ1n) is 6.07. The number of oxazole rings is 1. The molecule has 2 heterocycles. The third-order valence-electron chi connectivity index (χ3n) is 3.08. The van der Waals surface area contributed by atoms with Crippen LogP contribution in [-0.2, 0) is 0 Å². The minimum absolute atomic E-state index is 0.192. The predicted molar refractivity (Wildman–Crippen MR) is 69.5 cm³/mol. The van der Waals surface area contributed by atoms with Crippen molar-refractivity contribution < 1.29 is 14.3 Å². The molecule has 0 saturated heterocycles. The summed E-state index contributed by atoms with van der Waals surface area (Å²) in [6.45, 7) is 3.68. The van der Waals surface area contributed by atoms with Gasteiger partial charge in [0.05, 0.1) is 17.3 Å². The molecule has 0 fully saturated rings. The molecule has 0 amide bonds. The van der Waals surface area contributed by atoms with Crippen LogP contribution in [-0.4, -0.2) is 31.1 Å². The Morgan fingerprint density at radius 1 is 1.45 bits per heavy atom. The van der Waals surface area contributed by atoms with Gasteiger partial charge in [0.1, 0.15) is 17.3 Å². The highest BCUT2D eigenvalue weighted by molar-refractivity contribution is 5.92. The summed E-state index contributed by atoms with van der Waals surface area (Å²) in [4.78, 5) is 15.2. The summed E-state index contributed by atoms with van der Waals surface area (Å²) in [5.74, 6) is 0.233. The molecule has 1 aromatic carbocycles. The first-order valence-corrected chi connectivity index (χ1v) is 6.07. The van der Waals surface area contributed by atoms with Gasteiger partial charge in [-0.15, -0.1) is 5.10 Å². The second-order valence-corrected chi connectivity index (χ2v) is 4.53. The molecular formula is C13H12N4O3. The van der Waals surface area contributed by atoms with Crippen LogP contribution in [0.15, 0.2) is 28.8 Å². The van der Waals surface area contributed by atoms with E-state index in [4.69, 9.17) is 9.52 Å². The van der Waals surface area contributed by atoms with Crippen molar-refractivity contribution in [1.82, 2.24) is 20.0 Å². The first kappa shape index (κ1) is 12.3. The van der Waals surface area contributed by atoms with Gasteiger partial charge in [-0.2, -0.15) is 0 Å². The molecule has 3 aromatic rings. The molecule has 7 nitrogen and oxygen atoms in total. The Hall–Kier alpha value is -2.70. The first-order chi connectivity index (χ1) is 9.56. The zero-order chi connectivity index (χ0) is 14.3. The van der Waals surface area contributed by atoms with E-state index in [9.17, 15) is 4.79 Å². The molecular weight excluding hydrogens is 260 g/mol. The number of aryl methyl sites for hydroxylation is 1. The van der Waals surface area contributed by atoms with E-state index in [1.54, 1.807) is 23.0 Å². The van der Waals surface area contributed by atoms with E-state index < -0.39 is 5.97 Å². The van der Waals surface area contributed by atoms with Crippen LogP contribution in [0, 0.1) is 6.92 Å². The monoisotopic (exact) mass is 272 g/mol. The molecule has 0 aliphatic heterocycles. The second kappa shape index (κ2) is 4.44. The highest BCUT2D eigenvalue weighted by Crippen LogP contribution is 2.22. The fourth-order valence-electron chi connectivity index (χ4n) is 2.03. The van der Waals surface area contributed by atoms with Crippen LogP contribution in [0.25, 0.3) is 11.0 Å². The highest BCUT2D eigenvalue weighted by Gasteiger charge is 2.18. The lowest BCUT2D eigenvalue weighted by Crippen LogP contribution is -2.09. The largest absolute Gasteiger partial charge is 0.478 e. The number of fused-ring (bicyclic) bond motifs is 1. The zero-order valence-corrected chi connectivity index (χ0v) is 10.9. The number of nitrogens with zero attached hydrogens (tertiary/aromatic N) is 4. The summed E-state index contributed by atoms with van der Waals surface area (Å²) in [5.41, 5.74) is 1.45. The van der Waals surface area contributed by atoms with Gasteiger partial charge in [0.2, 0.25) is 5.89 Å². The van der Waals surface area contributed by atoms with Crippen LogP contribution in [0.3, 0.4) is 0 Å². The maximum atomic E-state index is 11.0. The molecule has 0 saturated carbocycles. The summed E-state index contributed by atoms with van der Waals surface area (Å²) in [5, 5.41) is 17.1. The molecule has 0 bridgehead atoms. The van der Waals surface area contributed by atoms with E-state index >= 15 is 0 Å². The average Bonchev–Trinajstić information content (AvgIpc) is 3.03. The molecule has 3 rings (SSSR count). The van der Waals surface area contributed by atoms with Crippen molar-refractivity contribution in [2.24, 2.45) is 0 Å². The maximum Gasteiger partial charge on any atom is 0.335 e.